The summed E-state index contributed by atoms with van der Waals surface area (Å²) in [5, 5.41) is 4.02. The van der Waals surface area contributed by atoms with Gasteiger partial charge in [0.2, 0.25) is 0 Å². The number of aromatic nitrogens is 1. The Bertz CT molecular complexity index is 1850. The second-order valence-electron chi connectivity index (χ2n) is 13.5. The maximum Gasteiger partial charge on any atom is 0.273 e. The van der Waals surface area contributed by atoms with Crippen LogP contribution in [0.3, 0.4) is 0 Å². The monoisotopic (exact) mass is 713 g/mol. The number of ether oxygens (including phenoxy) is 2. The number of methoxy groups -OCH3 is 1. The molecule has 50 heavy (non-hydrogen) atoms. The number of amidine groups is 1. The highest BCUT2D eigenvalue weighted by molar-refractivity contribution is 7.93. The summed E-state index contributed by atoms with van der Waals surface area (Å²) in [5.74, 6) is -1.27. The van der Waals surface area contributed by atoms with Crippen LogP contribution in [0.4, 0.5) is 14.6 Å². The first-order chi connectivity index (χ1) is 23.9. The fourth-order valence-corrected chi connectivity index (χ4v) is 8.61. The minimum absolute atomic E-state index is 0.00738. The highest BCUT2D eigenvalue weighted by Crippen LogP contribution is 2.41. The number of alkyl halides is 2. The molecule has 0 atom stereocenters. The summed E-state index contributed by atoms with van der Waals surface area (Å²) in [7, 11) is -2.84. The number of aliphatic imine (C=N–C) groups is 1. The normalized spacial score (nSPS) is 18.6. The largest absolute Gasteiger partial charge is 0.363 e. The zero-order valence-corrected chi connectivity index (χ0v) is 29.9. The number of nitrogens with zero attached hydrogens (tertiary/aromatic N) is 5. The Kier molecular flexibility index (Phi) is 10.5. The van der Waals surface area contributed by atoms with Crippen molar-refractivity contribution in [3.8, 4) is 11.1 Å². The molecule has 0 unspecified atom stereocenters. The lowest BCUT2D eigenvalue weighted by atomic mass is 9.96. The van der Waals surface area contributed by atoms with E-state index in [9.17, 15) is 22.0 Å². The van der Waals surface area contributed by atoms with E-state index in [4.69, 9.17) is 19.0 Å². The van der Waals surface area contributed by atoms with Gasteiger partial charge in [0.25, 0.3) is 21.9 Å². The van der Waals surface area contributed by atoms with Crippen molar-refractivity contribution in [1.82, 2.24) is 15.0 Å². The topological polar surface area (TPSA) is 118 Å². The van der Waals surface area contributed by atoms with Crippen LogP contribution in [0.2, 0.25) is 0 Å². The number of unbranched alkanes of at least 4 members (excludes halogenated alkanes) is 1. The number of benzene rings is 2. The van der Waals surface area contributed by atoms with Gasteiger partial charge in [-0.2, -0.15) is 0 Å². The Morgan fingerprint density at radius 2 is 1.80 bits per heavy atom. The first-order valence-electron chi connectivity index (χ1n) is 17.1. The van der Waals surface area contributed by atoms with Crippen molar-refractivity contribution in [2.75, 3.05) is 38.0 Å². The van der Waals surface area contributed by atoms with Crippen LogP contribution in [-0.4, -0.2) is 80.2 Å². The average molecular weight is 714 g/mol. The molecule has 0 bridgehead atoms. The van der Waals surface area contributed by atoms with Crippen molar-refractivity contribution in [1.29, 1.82) is 0 Å². The standard InChI is InChI=1S/C36H45F2N5O6S/c1-5-6-13-32-39-35(16-9-10-17-35)34(44)42(32)19-27-14-15-29(28(18-27)20-48-23-41-21-36(37,38)22-41)30-11-7-8-12-31(30)50(45,46)43(24-47-4)33-25(2)26(3)49-40-33/h7-8,11-12,14-15,18H,5-6,9-10,13,16-17,19-24H2,1-4H3. The average Bonchev–Trinajstić information content (AvgIpc) is 3.76. The zero-order valence-electron chi connectivity index (χ0n) is 29.1. The van der Waals surface area contributed by atoms with Gasteiger partial charge in [-0.15, -0.1) is 0 Å². The molecule has 1 spiro atoms. The molecule has 2 aliphatic heterocycles. The van der Waals surface area contributed by atoms with E-state index < -0.39 is 21.5 Å². The molecular weight excluding hydrogens is 668 g/mol. The zero-order chi connectivity index (χ0) is 35.7. The molecule has 2 aromatic carbocycles. The summed E-state index contributed by atoms with van der Waals surface area (Å²) in [6.07, 6.45) is 6.07. The van der Waals surface area contributed by atoms with Gasteiger partial charge in [0, 0.05) is 24.7 Å². The lowest BCUT2D eigenvalue weighted by Crippen LogP contribution is -2.56. The minimum Gasteiger partial charge on any atom is -0.363 e. The van der Waals surface area contributed by atoms with Crippen LogP contribution in [0.5, 0.6) is 0 Å². The number of halogens is 2. The molecule has 3 aliphatic rings. The quantitative estimate of drug-likeness (QED) is 0.166. The number of rotatable bonds is 15. The van der Waals surface area contributed by atoms with Gasteiger partial charge < -0.3 is 14.0 Å². The van der Waals surface area contributed by atoms with Crippen LogP contribution >= 0.6 is 0 Å². The lowest BCUT2D eigenvalue weighted by molar-refractivity contribution is -0.164. The van der Waals surface area contributed by atoms with E-state index in [2.05, 4.69) is 12.1 Å². The molecule has 0 N–H and O–H groups in total. The van der Waals surface area contributed by atoms with E-state index in [1.165, 1.54) is 18.1 Å². The number of carbonyl (C=O) groups is 1. The molecule has 2 fully saturated rings. The molecular formula is C36H45F2N5O6S. The van der Waals surface area contributed by atoms with Gasteiger partial charge in [-0.1, -0.05) is 67.7 Å². The van der Waals surface area contributed by atoms with E-state index in [0.717, 1.165) is 54.2 Å². The highest BCUT2D eigenvalue weighted by atomic mass is 32.2. The molecule has 1 saturated heterocycles. The lowest BCUT2D eigenvalue weighted by Gasteiger charge is -2.38. The van der Waals surface area contributed by atoms with Gasteiger partial charge in [-0.25, -0.2) is 21.5 Å². The van der Waals surface area contributed by atoms with E-state index >= 15 is 0 Å². The Morgan fingerprint density at radius 1 is 1.06 bits per heavy atom. The summed E-state index contributed by atoms with van der Waals surface area (Å²) in [4.78, 5) is 22.2. The molecule has 14 heteroatoms. The third kappa shape index (κ3) is 7.07. The second-order valence-corrected chi connectivity index (χ2v) is 15.4. The first kappa shape index (κ1) is 36.1. The third-order valence-electron chi connectivity index (χ3n) is 9.79. The van der Waals surface area contributed by atoms with Crippen molar-refractivity contribution < 1.29 is 36.0 Å². The molecule has 6 rings (SSSR count). The predicted octanol–water partition coefficient (Wildman–Crippen LogP) is 6.43. The highest BCUT2D eigenvalue weighted by Gasteiger charge is 2.49. The van der Waals surface area contributed by atoms with Crippen LogP contribution in [0.25, 0.3) is 11.1 Å². The molecule has 270 valence electrons. The van der Waals surface area contributed by atoms with Crippen LogP contribution in [0.15, 0.2) is 56.9 Å². The number of hydrogen-bond acceptors (Lipinski definition) is 9. The number of hydrogen-bond donors (Lipinski definition) is 0. The van der Waals surface area contributed by atoms with Gasteiger partial charge in [-0.3, -0.25) is 19.6 Å². The number of carbonyl (C=O) groups excluding carboxylic acids is 1. The van der Waals surface area contributed by atoms with Gasteiger partial charge in [-0.05, 0) is 55.9 Å². The Morgan fingerprint density at radius 3 is 2.46 bits per heavy atom. The van der Waals surface area contributed by atoms with Crippen molar-refractivity contribution in [3.05, 3.63) is 64.9 Å². The summed E-state index contributed by atoms with van der Waals surface area (Å²) in [6, 6.07) is 12.3. The van der Waals surface area contributed by atoms with Gasteiger partial charge in [0.15, 0.2) is 5.82 Å². The molecule has 1 saturated carbocycles. The van der Waals surface area contributed by atoms with Crippen LogP contribution in [0.1, 0.15) is 74.3 Å². The number of sulfonamides is 1. The van der Waals surface area contributed by atoms with Crippen molar-refractivity contribution >= 4 is 27.6 Å². The maximum absolute atomic E-state index is 14.4. The number of likely N-dealkylation sites (tertiary alicyclic amines) is 1. The van der Waals surface area contributed by atoms with Crippen molar-refractivity contribution in [3.63, 3.8) is 0 Å². The number of anilines is 1. The van der Waals surface area contributed by atoms with Gasteiger partial charge in [0.05, 0.1) is 37.9 Å². The molecule has 1 amide bonds. The SMILES string of the molecule is CCCCC1=NC2(CCCC2)C(=O)N1Cc1ccc(-c2ccccc2S(=O)(=O)N(COC)c2noc(C)c2C)c(COCN2CC(F)(F)C2)c1. The number of amides is 1. The fraction of sp³-hybridized carbons (Fsp3) is 0.528. The smallest absolute Gasteiger partial charge is 0.273 e. The third-order valence-corrected chi connectivity index (χ3v) is 11.6. The first-order valence-corrected chi connectivity index (χ1v) is 18.6. The Labute approximate surface area is 292 Å². The summed E-state index contributed by atoms with van der Waals surface area (Å²) >= 11 is 0. The minimum atomic E-state index is -4.24. The van der Waals surface area contributed by atoms with Crippen LogP contribution in [0, 0.1) is 13.8 Å². The molecule has 3 aromatic rings. The Balaban J connectivity index is 1.36. The van der Waals surface area contributed by atoms with Gasteiger partial charge in [0.1, 0.15) is 23.9 Å². The van der Waals surface area contributed by atoms with Gasteiger partial charge >= 0.3 is 0 Å². The molecule has 1 aromatic heterocycles. The second kappa shape index (κ2) is 14.5. The maximum atomic E-state index is 14.4. The van der Waals surface area contributed by atoms with Crippen LogP contribution < -0.4 is 4.31 Å². The molecule has 3 heterocycles. The van der Waals surface area contributed by atoms with E-state index in [1.54, 1.807) is 32.0 Å². The van der Waals surface area contributed by atoms with Crippen LogP contribution in [-0.2, 0) is 37.4 Å². The summed E-state index contributed by atoms with van der Waals surface area (Å²) in [5.41, 5.74) is 2.38. The Hall–Kier alpha value is -3.72. The van der Waals surface area contributed by atoms with Crippen molar-refractivity contribution in [2.24, 2.45) is 4.99 Å². The fourth-order valence-electron chi connectivity index (χ4n) is 7.03. The van der Waals surface area contributed by atoms with Crippen molar-refractivity contribution in [2.45, 2.75) is 95.2 Å². The van der Waals surface area contributed by atoms with E-state index in [-0.39, 0.29) is 49.8 Å². The van der Waals surface area contributed by atoms with E-state index in [0.29, 0.717) is 41.0 Å². The molecule has 0 radical (unpaired) electrons. The summed E-state index contributed by atoms with van der Waals surface area (Å²) < 4.78 is 73.4. The molecule has 11 nitrogen and oxygen atoms in total. The summed E-state index contributed by atoms with van der Waals surface area (Å²) in [6.45, 7) is 4.81. The van der Waals surface area contributed by atoms with E-state index in [1.807, 2.05) is 23.1 Å². The molecule has 1 aliphatic carbocycles. The number of aryl methyl sites for hydroxylation is 1. The predicted molar refractivity (Wildman–Crippen MR) is 184 cm³/mol.